The van der Waals surface area contributed by atoms with Crippen molar-refractivity contribution in [3.05, 3.63) is 47.5 Å². The van der Waals surface area contributed by atoms with E-state index in [4.69, 9.17) is 9.47 Å². The number of aryl methyl sites for hydroxylation is 1. The minimum absolute atomic E-state index is 0.614. The molecule has 0 fully saturated rings. The second-order valence-electron chi connectivity index (χ2n) is 4.22. The highest BCUT2D eigenvalue weighted by Gasteiger charge is 2.02. The van der Waals surface area contributed by atoms with Gasteiger partial charge >= 0.3 is 0 Å². The van der Waals surface area contributed by atoms with Crippen molar-refractivity contribution >= 4 is 5.82 Å². The third-order valence-corrected chi connectivity index (χ3v) is 2.90. The quantitative estimate of drug-likeness (QED) is 0.895. The predicted octanol–water partition coefficient (Wildman–Crippen LogP) is 3.02. The van der Waals surface area contributed by atoms with E-state index in [9.17, 15) is 0 Å². The Bertz CT molecular complexity index is 538. The second kappa shape index (κ2) is 6.09. The Balaban J connectivity index is 2.05. The number of hydrogen-bond acceptors (Lipinski definition) is 4. The zero-order chi connectivity index (χ0) is 13.7. The molecular weight excluding hydrogens is 240 g/mol. The van der Waals surface area contributed by atoms with Crippen LogP contribution in [-0.2, 0) is 6.54 Å². The van der Waals surface area contributed by atoms with E-state index in [2.05, 4.69) is 10.3 Å². The predicted molar refractivity (Wildman–Crippen MR) is 75.8 cm³/mol. The first kappa shape index (κ1) is 13.2. The summed E-state index contributed by atoms with van der Waals surface area (Å²) in [6.07, 6.45) is 0. The van der Waals surface area contributed by atoms with Crippen LogP contribution >= 0.6 is 0 Å². The molecule has 2 rings (SSSR count). The van der Waals surface area contributed by atoms with E-state index >= 15 is 0 Å². The minimum Gasteiger partial charge on any atom is -0.497 e. The number of benzene rings is 1. The molecular formula is C15H18N2O2. The van der Waals surface area contributed by atoms with Gasteiger partial charge in [-0.25, -0.2) is 0 Å². The Morgan fingerprint density at radius 3 is 2.37 bits per heavy atom. The molecule has 0 amide bonds. The lowest BCUT2D eigenvalue weighted by Gasteiger charge is -2.10. The Morgan fingerprint density at radius 2 is 1.74 bits per heavy atom. The van der Waals surface area contributed by atoms with Crippen LogP contribution in [0.5, 0.6) is 11.6 Å². The molecule has 1 N–H and O–H groups in total. The van der Waals surface area contributed by atoms with E-state index in [1.165, 1.54) is 5.56 Å². The van der Waals surface area contributed by atoms with Gasteiger partial charge in [0, 0.05) is 12.6 Å². The molecule has 0 aliphatic carbocycles. The standard InChI is InChI=1S/C15H18N2O2/c1-11-4-9-14(19-3)17-15(11)16-10-12-5-7-13(18-2)8-6-12/h4-9H,10H2,1-3H3,(H,16,17). The fourth-order valence-electron chi connectivity index (χ4n) is 1.73. The van der Waals surface area contributed by atoms with Crippen molar-refractivity contribution in [2.24, 2.45) is 0 Å². The molecule has 0 radical (unpaired) electrons. The highest BCUT2D eigenvalue weighted by Crippen LogP contribution is 2.18. The van der Waals surface area contributed by atoms with Crippen LogP contribution in [0.4, 0.5) is 5.82 Å². The molecule has 0 saturated heterocycles. The maximum absolute atomic E-state index is 5.13. The van der Waals surface area contributed by atoms with E-state index in [0.717, 1.165) is 17.1 Å². The molecule has 0 spiro atoms. The van der Waals surface area contributed by atoms with Gasteiger partial charge in [0.1, 0.15) is 11.6 Å². The molecule has 19 heavy (non-hydrogen) atoms. The summed E-state index contributed by atoms with van der Waals surface area (Å²) in [5.74, 6) is 2.32. The van der Waals surface area contributed by atoms with Crippen molar-refractivity contribution in [3.8, 4) is 11.6 Å². The van der Waals surface area contributed by atoms with Crippen LogP contribution in [0.25, 0.3) is 0 Å². The van der Waals surface area contributed by atoms with Gasteiger partial charge in [0.05, 0.1) is 14.2 Å². The molecule has 1 aromatic heterocycles. The first-order valence-electron chi connectivity index (χ1n) is 6.11. The van der Waals surface area contributed by atoms with Gasteiger partial charge in [-0.1, -0.05) is 18.2 Å². The number of pyridine rings is 1. The molecule has 1 heterocycles. The van der Waals surface area contributed by atoms with Gasteiger partial charge in [0.2, 0.25) is 5.88 Å². The number of nitrogens with one attached hydrogen (secondary N) is 1. The van der Waals surface area contributed by atoms with Crippen molar-refractivity contribution in [1.82, 2.24) is 4.98 Å². The number of nitrogens with zero attached hydrogens (tertiary/aromatic N) is 1. The molecule has 4 heteroatoms. The molecule has 0 bridgehead atoms. The summed E-state index contributed by atoms with van der Waals surface area (Å²) >= 11 is 0. The van der Waals surface area contributed by atoms with E-state index in [-0.39, 0.29) is 0 Å². The lowest BCUT2D eigenvalue weighted by Crippen LogP contribution is -2.04. The first-order valence-corrected chi connectivity index (χ1v) is 6.11. The maximum atomic E-state index is 5.13. The minimum atomic E-state index is 0.614. The van der Waals surface area contributed by atoms with Crippen molar-refractivity contribution in [1.29, 1.82) is 0 Å². The Labute approximate surface area is 113 Å². The number of ether oxygens (including phenoxy) is 2. The summed E-state index contributed by atoms with van der Waals surface area (Å²) in [6, 6.07) is 11.8. The summed E-state index contributed by atoms with van der Waals surface area (Å²) in [7, 11) is 3.28. The lowest BCUT2D eigenvalue weighted by atomic mass is 10.2. The third kappa shape index (κ3) is 3.37. The van der Waals surface area contributed by atoms with E-state index in [1.54, 1.807) is 14.2 Å². The SMILES string of the molecule is COc1ccc(CNc2nc(OC)ccc2C)cc1. The normalized spacial score (nSPS) is 10.1. The molecule has 2 aromatic rings. The fraction of sp³-hybridized carbons (Fsp3) is 0.267. The van der Waals surface area contributed by atoms with Crippen LogP contribution in [0, 0.1) is 6.92 Å². The molecule has 4 nitrogen and oxygen atoms in total. The van der Waals surface area contributed by atoms with Crippen molar-refractivity contribution < 1.29 is 9.47 Å². The van der Waals surface area contributed by atoms with Crippen LogP contribution in [-0.4, -0.2) is 19.2 Å². The third-order valence-electron chi connectivity index (χ3n) is 2.90. The second-order valence-corrected chi connectivity index (χ2v) is 4.22. The van der Waals surface area contributed by atoms with E-state index in [1.807, 2.05) is 43.3 Å². The smallest absolute Gasteiger partial charge is 0.214 e. The average Bonchev–Trinajstić information content (AvgIpc) is 2.47. The summed E-state index contributed by atoms with van der Waals surface area (Å²) in [6.45, 7) is 2.73. The topological polar surface area (TPSA) is 43.4 Å². The largest absolute Gasteiger partial charge is 0.497 e. The molecule has 100 valence electrons. The monoisotopic (exact) mass is 258 g/mol. The van der Waals surface area contributed by atoms with Gasteiger partial charge in [-0.2, -0.15) is 4.98 Å². The van der Waals surface area contributed by atoms with Crippen molar-refractivity contribution in [2.75, 3.05) is 19.5 Å². The number of aromatic nitrogens is 1. The molecule has 0 aliphatic rings. The molecule has 0 atom stereocenters. The number of rotatable bonds is 5. The van der Waals surface area contributed by atoms with Crippen LogP contribution < -0.4 is 14.8 Å². The van der Waals surface area contributed by atoms with Crippen LogP contribution in [0.15, 0.2) is 36.4 Å². The van der Waals surface area contributed by atoms with E-state index < -0.39 is 0 Å². The Morgan fingerprint density at radius 1 is 1.00 bits per heavy atom. The maximum Gasteiger partial charge on any atom is 0.214 e. The van der Waals surface area contributed by atoms with Gasteiger partial charge in [0.15, 0.2) is 0 Å². The zero-order valence-electron chi connectivity index (χ0n) is 11.4. The summed E-state index contributed by atoms with van der Waals surface area (Å²) in [5, 5.41) is 3.31. The fourth-order valence-corrected chi connectivity index (χ4v) is 1.73. The van der Waals surface area contributed by atoms with Crippen LogP contribution in [0.2, 0.25) is 0 Å². The summed E-state index contributed by atoms with van der Waals surface area (Å²) in [4.78, 5) is 4.38. The Kier molecular flexibility index (Phi) is 4.23. The Hall–Kier alpha value is -2.23. The highest BCUT2D eigenvalue weighted by atomic mass is 16.5. The van der Waals surface area contributed by atoms with Crippen molar-refractivity contribution in [3.63, 3.8) is 0 Å². The summed E-state index contributed by atoms with van der Waals surface area (Å²) < 4.78 is 10.3. The summed E-state index contributed by atoms with van der Waals surface area (Å²) in [5.41, 5.74) is 2.26. The van der Waals surface area contributed by atoms with Crippen molar-refractivity contribution in [2.45, 2.75) is 13.5 Å². The van der Waals surface area contributed by atoms with Gasteiger partial charge in [-0.15, -0.1) is 0 Å². The lowest BCUT2D eigenvalue weighted by molar-refractivity contribution is 0.398. The molecule has 0 aliphatic heterocycles. The zero-order valence-corrected chi connectivity index (χ0v) is 11.4. The highest BCUT2D eigenvalue weighted by molar-refractivity contribution is 5.46. The van der Waals surface area contributed by atoms with Crippen LogP contribution in [0.3, 0.4) is 0 Å². The molecule has 0 saturated carbocycles. The van der Waals surface area contributed by atoms with Crippen LogP contribution in [0.1, 0.15) is 11.1 Å². The van der Waals surface area contributed by atoms with Gasteiger partial charge in [-0.05, 0) is 30.2 Å². The van der Waals surface area contributed by atoms with E-state index in [0.29, 0.717) is 12.4 Å². The first-order chi connectivity index (χ1) is 9.22. The average molecular weight is 258 g/mol. The molecule has 0 unspecified atom stereocenters. The van der Waals surface area contributed by atoms with Gasteiger partial charge < -0.3 is 14.8 Å². The van der Waals surface area contributed by atoms with Gasteiger partial charge in [-0.3, -0.25) is 0 Å². The number of methoxy groups -OCH3 is 2. The van der Waals surface area contributed by atoms with Gasteiger partial charge in [0.25, 0.3) is 0 Å². The molecule has 1 aromatic carbocycles. The number of hydrogen-bond donors (Lipinski definition) is 1. The number of anilines is 1.